The molecule has 14 heteroatoms. The number of amides is 1. The summed E-state index contributed by atoms with van der Waals surface area (Å²) in [5, 5.41) is 12.0. The number of methoxy groups -OCH3 is 2. The van der Waals surface area contributed by atoms with Gasteiger partial charge in [0.15, 0.2) is 23.9 Å². The van der Waals surface area contributed by atoms with Gasteiger partial charge < -0.3 is 24.2 Å². The molecule has 3 aromatic carbocycles. The Bertz CT molecular complexity index is 1860. The van der Waals surface area contributed by atoms with Gasteiger partial charge in [0.2, 0.25) is 0 Å². The Hall–Kier alpha value is -4.65. The molecule has 10 nitrogen and oxygen atoms in total. The normalized spacial score (nSPS) is 18.5. The Morgan fingerprint density at radius 2 is 1.61 bits per heavy atom. The molecule has 1 amide bonds. The van der Waals surface area contributed by atoms with Crippen molar-refractivity contribution in [1.29, 1.82) is 0 Å². The molecule has 4 heterocycles. The number of nitrogens with zero attached hydrogens (tertiary/aromatic N) is 3. The van der Waals surface area contributed by atoms with Gasteiger partial charge in [0.25, 0.3) is 0 Å². The average molecular weight is 743 g/mol. The molecule has 0 aliphatic carbocycles. The summed E-state index contributed by atoms with van der Waals surface area (Å²) in [6.07, 6.45) is 1.92. The van der Waals surface area contributed by atoms with E-state index in [0.717, 1.165) is 55.4 Å². The van der Waals surface area contributed by atoms with Crippen LogP contribution in [-0.4, -0.2) is 56.9 Å². The number of fused-ring (bicyclic) bond motifs is 3. The van der Waals surface area contributed by atoms with Crippen LogP contribution in [0.4, 0.5) is 19.3 Å². The lowest BCUT2D eigenvalue weighted by Crippen LogP contribution is -2.53. The third-order valence-electron chi connectivity index (χ3n) is 9.28. The van der Waals surface area contributed by atoms with E-state index in [4.69, 9.17) is 42.1 Å². The predicted octanol–water partition coefficient (Wildman–Crippen LogP) is 7.30. The number of hydrogen-bond acceptors (Lipinski definition) is 8. The van der Waals surface area contributed by atoms with Crippen LogP contribution >= 0.6 is 23.2 Å². The van der Waals surface area contributed by atoms with Crippen LogP contribution in [0.2, 0.25) is 10.0 Å². The van der Waals surface area contributed by atoms with Gasteiger partial charge in [-0.05, 0) is 79.4 Å². The second-order valence-electron chi connectivity index (χ2n) is 12.4. The van der Waals surface area contributed by atoms with Gasteiger partial charge in [0.1, 0.15) is 39.6 Å². The number of carbonyl (C=O) groups is 2. The zero-order valence-corrected chi connectivity index (χ0v) is 29.3. The van der Waals surface area contributed by atoms with Gasteiger partial charge in [-0.25, -0.2) is 18.4 Å². The van der Waals surface area contributed by atoms with Gasteiger partial charge in [-0.3, -0.25) is 9.80 Å². The van der Waals surface area contributed by atoms with Crippen LogP contribution in [0.3, 0.4) is 0 Å². The Labute approximate surface area is 303 Å². The average Bonchev–Trinajstić information content (AvgIpc) is 3.12. The zero-order valence-electron chi connectivity index (χ0n) is 27.8. The van der Waals surface area contributed by atoms with Crippen LogP contribution in [-0.2, 0) is 22.4 Å². The van der Waals surface area contributed by atoms with Crippen molar-refractivity contribution in [2.75, 3.05) is 38.8 Å². The number of piperidine rings is 3. The van der Waals surface area contributed by atoms with Crippen LogP contribution in [0, 0.1) is 22.8 Å². The molecule has 4 aromatic rings. The van der Waals surface area contributed by atoms with Crippen LogP contribution in [0.5, 0.6) is 11.5 Å². The molecule has 3 saturated heterocycles. The highest BCUT2D eigenvalue weighted by molar-refractivity contribution is 6.35. The van der Waals surface area contributed by atoms with Gasteiger partial charge in [-0.1, -0.05) is 47.5 Å². The Kier molecular flexibility index (Phi) is 11.1. The van der Waals surface area contributed by atoms with Crippen LogP contribution in [0.15, 0.2) is 73.1 Å². The van der Waals surface area contributed by atoms with Gasteiger partial charge in [0, 0.05) is 18.5 Å². The summed E-state index contributed by atoms with van der Waals surface area (Å²) in [6, 6.07) is 14.5. The van der Waals surface area contributed by atoms with Crippen molar-refractivity contribution in [1.82, 2.24) is 4.90 Å². The fraction of sp³-hybridized carbons (Fsp3) is 0.324. The maximum absolute atomic E-state index is 15.0. The van der Waals surface area contributed by atoms with E-state index in [2.05, 4.69) is 4.90 Å². The predicted molar refractivity (Wildman–Crippen MR) is 185 cm³/mol. The first-order valence-corrected chi connectivity index (χ1v) is 17.0. The van der Waals surface area contributed by atoms with Gasteiger partial charge >= 0.3 is 12.1 Å². The number of para-hydroxylation sites is 1. The van der Waals surface area contributed by atoms with Crippen molar-refractivity contribution in [3.8, 4) is 11.5 Å². The SMILES string of the molecule is COc1ccc(C(Cc2c(Cl)c[n+]([O-])cc2Cl)OC(=O)c2ccc(CN(C(=O)O[C@H]3CN4CCC3CC4)c3c(F)cccc3F)cc2)cc1OC. The number of hydrogen-bond donors (Lipinski definition) is 0. The van der Waals surface area contributed by atoms with Gasteiger partial charge in [-0.15, -0.1) is 0 Å². The third kappa shape index (κ3) is 8.14. The Morgan fingerprint density at radius 1 is 0.961 bits per heavy atom. The molecule has 3 aliphatic heterocycles. The van der Waals surface area contributed by atoms with Crippen molar-refractivity contribution in [2.45, 2.75) is 38.0 Å². The van der Waals surface area contributed by atoms with E-state index in [9.17, 15) is 14.8 Å². The summed E-state index contributed by atoms with van der Waals surface area (Å²) in [7, 11) is 2.97. The number of rotatable bonds is 11. The molecule has 0 N–H and O–H groups in total. The van der Waals surface area contributed by atoms with Crippen molar-refractivity contribution in [3.63, 3.8) is 0 Å². The number of pyridine rings is 1. The smallest absolute Gasteiger partial charge is 0.415 e. The number of anilines is 1. The van der Waals surface area contributed by atoms with E-state index in [1.54, 1.807) is 30.3 Å². The van der Waals surface area contributed by atoms with Crippen LogP contribution < -0.4 is 19.1 Å². The van der Waals surface area contributed by atoms with Gasteiger partial charge in [0.05, 0.1) is 26.3 Å². The fourth-order valence-electron chi connectivity index (χ4n) is 6.54. The fourth-order valence-corrected chi connectivity index (χ4v) is 7.14. The molecule has 3 aliphatic rings. The van der Waals surface area contributed by atoms with Crippen molar-refractivity contribution < 1.29 is 42.0 Å². The minimum atomic E-state index is -0.935. The van der Waals surface area contributed by atoms with Crippen molar-refractivity contribution in [2.24, 2.45) is 5.92 Å². The number of ether oxygens (including phenoxy) is 4. The highest BCUT2D eigenvalue weighted by atomic mass is 35.5. The largest absolute Gasteiger partial charge is 0.619 e. The Balaban J connectivity index is 1.23. The summed E-state index contributed by atoms with van der Waals surface area (Å²) in [4.78, 5) is 30.3. The maximum atomic E-state index is 15.0. The molecule has 7 rings (SSSR count). The molecular weight excluding hydrogens is 707 g/mol. The summed E-state index contributed by atoms with van der Waals surface area (Å²) in [6.45, 7) is 2.21. The number of aromatic nitrogens is 1. The lowest BCUT2D eigenvalue weighted by molar-refractivity contribution is -0.605. The summed E-state index contributed by atoms with van der Waals surface area (Å²) in [5.41, 5.74) is 1.04. The van der Waals surface area contributed by atoms with Crippen LogP contribution in [0.1, 0.15) is 46.0 Å². The highest BCUT2D eigenvalue weighted by Crippen LogP contribution is 2.36. The summed E-state index contributed by atoms with van der Waals surface area (Å²) < 4.78 is 53.2. The van der Waals surface area contributed by atoms with E-state index < -0.39 is 35.5 Å². The van der Waals surface area contributed by atoms with E-state index in [1.807, 2.05) is 0 Å². The van der Waals surface area contributed by atoms with E-state index in [-0.39, 0.29) is 40.6 Å². The number of benzene rings is 3. The topological polar surface area (TPSA) is 104 Å². The standard InChI is InChI=1S/C37H35Cl2F2N3O7/c1-48-31-11-10-25(16-33(31)49-2)32(17-26-27(38)19-43(47)20-28(26)39)50-36(45)24-8-6-22(7-9-24)18-44(35-29(40)4-3-5-30(35)41)37(46)51-34-21-42-14-12-23(34)13-15-42/h3-11,16,19-20,23,32,34H,12-15,17-18,21H2,1-2H3/t32?,34-/m0/s1. The molecule has 51 heavy (non-hydrogen) atoms. The molecule has 3 fully saturated rings. The van der Waals surface area contributed by atoms with Gasteiger partial charge in [-0.2, -0.15) is 4.73 Å². The molecular formula is C37H35Cl2F2N3O7. The highest BCUT2D eigenvalue weighted by Gasteiger charge is 2.38. The maximum Gasteiger partial charge on any atom is 0.415 e. The first-order chi connectivity index (χ1) is 24.5. The first kappa shape index (κ1) is 36.2. The lowest BCUT2D eigenvalue weighted by Gasteiger charge is -2.44. The van der Waals surface area contributed by atoms with Crippen LogP contribution in [0.25, 0.3) is 0 Å². The van der Waals surface area contributed by atoms with E-state index in [1.165, 1.54) is 32.4 Å². The molecule has 0 radical (unpaired) electrons. The van der Waals surface area contributed by atoms with Crippen molar-refractivity contribution >= 4 is 41.0 Å². The van der Waals surface area contributed by atoms with Crippen molar-refractivity contribution in [3.05, 3.63) is 122 Å². The lowest BCUT2D eigenvalue weighted by atomic mass is 9.86. The minimum absolute atomic E-state index is 0.0166. The number of carbonyl (C=O) groups excluding carboxylic acids is 2. The van der Waals surface area contributed by atoms with E-state index >= 15 is 8.78 Å². The van der Waals surface area contributed by atoms with E-state index in [0.29, 0.717) is 39.5 Å². The number of esters is 1. The minimum Gasteiger partial charge on any atom is -0.619 e. The first-order valence-electron chi connectivity index (χ1n) is 16.3. The molecule has 2 bridgehead atoms. The molecule has 1 aromatic heterocycles. The third-order valence-corrected chi connectivity index (χ3v) is 9.93. The molecule has 2 atom stereocenters. The molecule has 0 saturated carbocycles. The monoisotopic (exact) mass is 741 g/mol. The Morgan fingerprint density at radius 3 is 2.20 bits per heavy atom. The second-order valence-corrected chi connectivity index (χ2v) is 13.2. The molecule has 0 spiro atoms. The summed E-state index contributed by atoms with van der Waals surface area (Å²) >= 11 is 12.7. The summed E-state index contributed by atoms with van der Waals surface area (Å²) in [5.74, 6) is -1.48. The second kappa shape index (κ2) is 15.7. The molecule has 1 unspecified atom stereocenters. The zero-order chi connectivity index (χ0) is 36.2. The number of halogens is 4. The molecule has 268 valence electrons. The quantitative estimate of drug-likeness (QED) is 0.0897.